The molecule has 6 rings (SSSR count). The molecular weight excluding hydrogens is 306 g/mol. The van der Waals surface area contributed by atoms with Crippen LogP contribution in [0.25, 0.3) is 5.78 Å². The number of hydrogen-bond acceptors (Lipinski definition) is 6. The average Bonchev–Trinajstić information content (AvgIpc) is 3.29. The SMILES string of the molecule is OCC12CCC(CNc3c4c(nc5ncnn35)CCC4)(CC1)CO2. The van der Waals surface area contributed by atoms with E-state index in [0.29, 0.717) is 5.78 Å². The lowest BCUT2D eigenvalue weighted by Gasteiger charge is -2.52. The quantitative estimate of drug-likeness (QED) is 0.881. The molecular formula is C17H23N5O2. The topological polar surface area (TPSA) is 84.6 Å². The van der Waals surface area contributed by atoms with Crippen LogP contribution in [0.15, 0.2) is 6.33 Å². The Morgan fingerprint density at radius 3 is 2.88 bits per heavy atom. The second-order valence-electron chi connectivity index (χ2n) is 7.69. The molecule has 1 saturated carbocycles. The number of aromatic nitrogens is 4. The van der Waals surface area contributed by atoms with Gasteiger partial charge >= 0.3 is 0 Å². The maximum Gasteiger partial charge on any atom is 0.254 e. The summed E-state index contributed by atoms with van der Waals surface area (Å²) in [5.41, 5.74) is 2.36. The van der Waals surface area contributed by atoms with Crippen molar-refractivity contribution in [2.24, 2.45) is 5.41 Å². The van der Waals surface area contributed by atoms with Gasteiger partial charge in [0.25, 0.3) is 5.78 Å². The fourth-order valence-electron chi connectivity index (χ4n) is 4.54. The minimum atomic E-state index is -0.265. The minimum Gasteiger partial charge on any atom is -0.393 e. The van der Waals surface area contributed by atoms with Crippen molar-refractivity contribution in [3.05, 3.63) is 17.6 Å². The van der Waals surface area contributed by atoms with E-state index >= 15 is 0 Å². The summed E-state index contributed by atoms with van der Waals surface area (Å²) in [6.07, 6.45) is 8.93. The number of aryl methyl sites for hydroxylation is 1. The second kappa shape index (κ2) is 5.13. The Hall–Kier alpha value is -1.73. The molecule has 2 saturated heterocycles. The molecule has 0 unspecified atom stereocenters. The lowest BCUT2D eigenvalue weighted by atomic mass is 9.66. The van der Waals surface area contributed by atoms with Crippen molar-refractivity contribution in [2.45, 2.75) is 50.5 Å². The van der Waals surface area contributed by atoms with Crippen LogP contribution >= 0.6 is 0 Å². The zero-order chi connectivity index (χ0) is 16.2. The van der Waals surface area contributed by atoms with Gasteiger partial charge in [-0.2, -0.15) is 14.6 Å². The summed E-state index contributed by atoms with van der Waals surface area (Å²) in [5.74, 6) is 1.74. The molecule has 24 heavy (non-hydrogen) atoms. The Balaban J connectivity index is 1.42. The molecule has 4 aliphatic rings. The normalized spacial score (nSPS) is 31.5. The predicted molar refractivity (Wildman–Crippen MR) is 88.0 cm³/mol. The van der Waals surface area contributed by atoms with E-state index in [0.717, 1.165) is 63.9 Å². The Labute approximate surface area is 140 Å². The minimum absolute atomic E-state index is 0.147. The molecule has 2 aliphatic carbocycles. The van der Waals surface area contributed by atoms with Crippen molar-refractivity contribution in [1.82, 2.24) is 19.6 Å². The Kier molecular flexibility index (Phi) is 3.12. The Morgan fingerprint density at radius 1 is 1.25 bits per heavy atom. The van der Waals surface area contributed by atoms with Gasteiger partial charge < -0.3 is 15.2 Å². The summed E-state index contributed by atoms with van der Waals surface area (Å²) >= 11 is 0. The van der Waals surface area contributed by atoms with Crippen LogP contribution in [0.5, 0.6) is 0 Å². The van der Waals surface area contributed by atoms with Gasteiger partial charge in [-0.05, 0) is 44.9 Å². The number of hydrogen-bond donors (Lipinski definition) is 2. The summed E-state index contributed by atoms with van der Waals surface area (Å²) in [5, 5.41) is 17.6. The van der Waals surface area contributed by atoms with Crippen LogP contribution in [0.3, 0.4) is 0 Å². The maximum absolute atomic E-state index is 9.59. The van der Waals surface area contributed by atoms with Crippen LogP contribution in [0, 0.1) is 5.41 Å². The molecule has 2 bridgehead atoms. The molecule has 0 radical (unpaired) electrons. The van der Waals surface area contributed by atoms with E-state index in [4.69, 9.17) is 4.74 Å². The van der Waals surface area contributed by atoms with Gasteiger partial charge in [-0.25, -0.2) is 4.98 Å². The van der Waals surface area contributed by atoms with E-state index in [1.165, 1.54) is 11.3 Å². The van der Waals surface area contributed by atoms with E-state index in [2.05, 4.69) is 20.4 Å². The first-order valence-corrected chi connectivity index (χ1v) is 8.93. The van der Waals surface area contributed by atoms with Gasteiger partial charge in [0.15, 0.2) is 0 Å². The third kappa shape index (κ3) is 2.07. The average molecular weight is 329 g/mol. The molecule has 0 atom stereocenters. The summed E-state index contributed by atoms with van der Waals surface area (Å²) in [6, 6.07) is 0. The highest BCUT2D eigenvalue weighted by Gasteiger charge is 2.49. The smallest absolute Gasteiger partial charge is 0.254 e. The zero-order valence-electron chi connectivity index (χ0n) is 13.8. The van der Waals surface area contributed by atoms with Crippen molar-refractivity contribution in [3.8, 4) is 0 Å². The molecule has 2 aromatic rings. The van der Waals surface area contributed by atoms with Crippen LogP contribution in [0.2, 0.25) is 0 Å². The molecule has 0 spiro atoms. The van der Waals surface area contributed by atoms with Crippen LogP contribution < -0.4 is 5.32 Å². The fraction of sp³-hybridized carbons (Fsp3) is 0.706. The number of nitrogens with one attached hydrogen (secondary N) is 1. The first-order valence-electron chi connectivity index (χ1n) is 8.93. The fourth-order valence-corrected chi connectivity index (χ4v) is 4.54. The predicted octanol–water partition coefficient (Wildman–Crippen LogP) is 1.35. The number of anilines is 1. The molecule has 2 N–H and O–H groups in total. The van der Waals surface area contributed by atoms with Gasteiger partial charge in [0.05, 0.1) is 24.5 Å². The van der Waals surface area contributed by atoms with Gasteiger partial charge in [-0.15, -0.1) is 0 Å². The molecule has 4 heterocycles. The first kappa shape index (κ1) is 14.6. The first-order chi connectivity index (χ1) is 11.7. The standard InChI is InChI=1S/C17H23N5O2/c23-9-17-6-4-16(5-7-17,10-24-17)8-18-14-12-2-1-3-13(12)21-15-19-11-20-22(14)15/h11,18,23H,1-10H2. The van der Waals surface area contributed by atoms with E-state index in [1.807, 2.05) is 4.52 Å². The van der Waals surface area contributed by atoms with Gasteiger partial charge in [0.1, 0.15) is 12.1 Å². The summed E-state index contributed by atoms with van der Waals surface area (Å²) < 4.78 is 7.87. The molecule has 128 valence electrons. The van der Waals surface area contributed by atoms with E-state index < -0.39 is 0 Å². The molecule has 0 amide bonds. The van der Waals surface area contributed by atoms with Crippen LogP contribution in [-0.2, 0) is 17.6 Å². The Morgan fingerprint density at radius 2 is 2.12 bits per heavy atom. The van der Waals surface area contributed by atoms with E-state index in [-0.39, 0.29) is 17.6 Å². The van der Waals surface area contributed by atoms with Gasteiger partial charge in [-0.3, -0.25) is 0 Å². The van der Waals surface area contributed by atoms with Gasteiger partial charge in [-0.1, -0.05) is 0 Å². The number of nitrogens with zero attached hydrogens (tertiary/aromatic N) is 4. The third-order valence-electron chi connectivity index (χ3n) is 6.28. The molecule has 7 heteroatoms. The molecule has 7 nitrogen and oxygen atoms in total. The highest BCUT2D eigenvalue weighted by Crippen LogP contribution is 2.48. The highest BCUT2D eigenvalue weighted by molar-refractivity contribution is 5.54. The highest BCUT2D eigenvalue weighted by atomic mass is 16.5. The third-order valence-corrected chi connectivity index (χ3v) is 6.28. The monoisotopic (exact) mass is 329 g/mol. The van der Waals surface area contributed by atoms with Crippen molar-refractivity contribution in [1.29, 1.82) is 0 Å². The van der Waals surface area contributed by atoms with Crippen molar-refractivity contribution >= 4 is 11.6 Å². The molecule has 0 aromatic carbocycles. The van der Waals surface area contributed by atoms with E-state index in [1.54, 1.807) is 6.33 Å². The lowest BCUT2D eigenvalue weighted by Crippen LogP contribution is -2.55. The summed E-state index contributed by atoms with van der Waals surface area (Å²) in [7, 11) is 0. The van der Waals surface area contributed by atoms with Crippen LogP contribution in [0.4, 0.5) is 5.82 Å². The second-order valence-corrected chi connectivity index (χ2v) is 7.69. The zero-order valence-corrected chi connectivity index (χ0v) is 13.8. The molecule has 2 aliphatic heterocycles. The summed E-state index contributed by atoms with van der Waals surface area (Å²) in [6.45, 7) is 1.75. The number of ether oxygens (including phenoxy) is 1. The van der Waals surface area contributed by atoms with Crippen molar-refractivity contribution in [3.63, 3.8) is 0 Å². The van der Waals surface area contributed by atoms with Gasteiger partial charge in [0, 0.05) is 17.5 Å². The largest absolute Gasteiger partial charge is 0.393 e. The summed E-state index contributed by atoms with van der Waals surface area (Å²) in [4.78, 5) is 8.90. The van der Waals surface area contributed by atoms with Crippen molar-refractivity contribution in [2.75, 3.05) is 25.1 Å². The molecule has 2 aromatic heterocycles. The van der Waals surface area contributed by atoms with Crippen molar-refractivity contribution < 1.29 is 9.84 Å². The van der Waals surface area contributed by atoms with Crippen LogP contribution in [0.1, 0.15) is 43.4 Å². The van der Waals surface area contributed by atoms with Crippen LogP contribution in [-0.4, -0.2) is 50.0 Å². The number of rotatable bonds is 4. The van der Waals surface area contributed by atoms with Gasteiger partial charge in [0.2, 0.25) is 0 Å². The maximum atomic E-state index is 9.59. The van der Waals surface area contributed by atoms with E-state index in [9.17, 15) is 5.11 Å². The number of aliphatic hydroxyl groups excluding tert-OH is 1. The lowest BCUT2D eigenvalue weighted by molar-refractivity contribution is -0.195. The number of aliphatic hydroxyl groups is 1. The number of fused-ring (bicyclic) bond motifs is 5. The Bertz CT molecular complexity index is 762. The molecule has 3 fully saturated rings.